The van der Waals surface area contributed by atoms with Crippen molar-refractivity contribution in [3.8, 4) is 0 Å². The highest BCUT2D eigenvalue weighted by atomic mass is 16.7. The van der Waals surface area contributed by atoms with E-state index in [9.17, 15) is 9.59 Å². The van der Waals surface area contributed by atoms with Crippen molar-refractivity contribution < 1.29 is 14.4 Å². The standard InChI is InChI=1S/C13H16BN6O3/c1-2-3-23-20-12-4-11(7-18(8-12)13(20)22)19-6-10(16-17-19)5-15-14-9-21/h2,4,6,9,12,15H,1,3,5,7-8H2. The van der Waals surface area contributed by atoms with E-state index in [1.54, 1.807) is 21.9 Å². The van der Waals surface area contributed by atoms with Crippen LogP contribution >= 0.6 is 0 Å². The van der Waals surface area contributed by atoms with Gasteiger partial charge in [-0.25, -0.2) is 9.48 Å². The van der Waals surface area contributed by atoms with Gasteiger partial charge in [-0.3, -0.25) is 4.84 Å². The van der Waals surface area contributed by atoms with E-state index in [0.717, 1.165) is 5.70 Å². The van der Waals surface area contributed by atoms with E-state index in [1.807, 2.05) is 6.08 Å². The number of hydrogen-bond donors (Lipinski definition) is 1. The van der Waals surface area contributed by atoms with Crippen molar-refractivity contribution in [2.24, 2.45) is 0 Å². The van der Waals surface area contributed by atoms with Crippen molar-refractivity contribution in [3.05, 3.63) is 30.6 Å². The van der Waals surface area contributed by atoms with Gasteiger partial charge in [-0.2, -0.15) is 5.06 Å². The second-order valence-electron chi connectivity index (χ2n) is 5.14. The van der Waals surface area contributed by atoms with E-state index in [1.165, 1.54) is 12.5 Å². The fourth-order valence-electron chi connectivity index (χ4n) is 2.55. The minimum absolute atomic E-state index is 0.152. The second-order valence-corrected chi connectivity index (χ2v) is 5.14. The lowest BCUT2D eigenvalue weighted by Gasteiger charge is -2.20. The van der Waals surface area contributed by atoms with Crippen LogP contribution in [0.4, 0.5) is 4.79 Å². The Hall–Kier alpha value is -2.46. The van der Waals surface area contributed by atoms with Gasteiger partial charge < -0.3 is 14.9 Å². The minimum Gasteiger partial charge on any atom is -0.349 e. The van der Waals surface area contributed by atoms with E-state index >= 15 is 0 Å². The number of nitrogens with one attached hydrogen (secondary N) is 1. The number of fused-ring (bicyclic) bond motifs is 2. The van der Waals surface area contributed by atoms with Crippen LogP contribution in [0.25, 0.3) is 5.70 Å². The van der Waals surface area contributed by atoms with Crippen LogP contribution in [0, 0.1) is 0 Å². The Morgan fingerprint density at radius 2 is 2.43 bits per heavy atom. The summed E-state index contributed by atoms with van der Waals surface area (Å²) in [6, 6.07) is -0.314. The van der Waals surface area contributed by atoms with Gasteiger partial charge in [0.2, 0.25) is 0 Å². The summed E-state index contributed by atoms with van der Waals surface area (Å²) in [6.07, 6.45) is 5.99. The summed E-state index contributed by atoms with van der Waals surface area (Å²) in [5.74, 6) is 0. The van der Waals surface area contributed by atoms with Crippen molar-refractivity contribution in [1.82, 2.24) is 30.2 Å². The Bertz CT molecular complexity index is 645. The van der Waals surface area contributed by atoms with Crippen LogP contribution < -0.4 is 5.23 Å². The molecule has 0 aromatic carbocycles. The smallest absolute Gasteiger partial charge is 0.345 e. The van der Waals surface area contributed by atoms with Crippen molar-refractivity contribution >= 4 is 25.3 Å². The first-order chi connectivity index (χ1) is 11.2. The van der Waals surface area contributed by atoms with E-state index in [4.69, 9.17) is 4.84 Å². The average Bonchev–Trinajstić information content (AvgIpc) is 3.11. The first-order valence-electron chi connectivity index (χ1n) is 7.17. The summed E-state index contributed by atoms with van der Waals surface area (Å²) >= 11 is 0. The van der Waals surface area contributed by atoms with Gasteiger partial charge in [0, 0.05) is 13.1 Å². The number of hydrogen-bond acceptors (Lipinski definition) is 6. The van der Waals surface area contributed by atoms with Gasteiger partial charge in [-0.05, 0) is 6.08 Å². The predicted molar refractivity (Wildman–Crippen MR) is 82.4 cm³/mol. The number of carbonyl (C=O) groups is 2. The quantitative estimate of drug-likeness (QED) is 0.294. The third-order valence-corrected chi connectivity index (χ3v) is 3.54. The molecule has 3 heterocycles. The summed E-state index contributed by atoms with van der Waals surface area (Å²) in [5.41, 5.74) is 1.56. The Kier molecular flexibility index (Phi) is 4.53. The molecule has 2 bridgehead atoms. The molecule has 10 heteroatoms. The number of nitrogens with zero attached hydrogens (tertiary/aromatic N) is 5. The molecule has 0 aliphatic carbocycles. The van der Waals surface area contributed by atoms with Gasteiger partial charge in [0.05, 0.1) is 43.0 Å². The van der Waals surface area contributed by atoms with Crippen LogP contribution in [-0.4, -0.2) is 70.3 Å². The summed E-state index contributed by atoms with van der Waals surface area (Å²) in [5, 5.41) is 12.3. The zero-order valence-corrected chi connectivity index (χ0v) is 12.5. The Labute approximate surface area is 133 Å². The number of amides is 2. The molecule has 0 saturated carbocycles. The number of rotatable bonds is 8. The van der Waals surface area contributed by atoms with Crippen LogP contribution in [0.1, 0.15) is 5.69 Å². The molecule has 1 atom stereocenters. The molecule has 119 valence electrons. The largest absolute Gasteiger partial charge is 0.349 e. The molecule has 1 aromatic heterocycles. The highest BCUT2D eigenvalue weighted by molar-refractivity contribution is 6.64. The maximum Gasteiger partial charge on any atom is 0.345 e. The molecule has 1 N–H and O–H groups in total. The highest BCUT2D eigenvalue weighted by Crippen LogP contribution is 2.26. The van der Waals surface area contributed by atoms with Crippen molar-refractivity contribution in [1.29, 1.82) is 0 Å². The third-order valence-electron chi connectivity index (χ3n) is 3.54. The van der Waals surface area contributed by atoms with Gasteiger partial charge in [0.1, 0.15) is 0 Å². The predicted octanol–water partition coefficient (Wildman–Crippen LogP) is -0.745. The van der Waals surface area contributed by atoms with Gasteiger partial charge in [-0.15, -0.1) is 11.7 Å². The van der Waals surface area contributed by atoms with Gasteiger partial charge in [0.15, 0.2) is 0 Å². The van der Waals surface area contributed by atoms with E-state index < -0.39 is 0 Å². The summed E-state index contributed by atoms with van der Waals surface area (Å²) in [4.78, 5) is 29.6. The zero-order chi connectivity index (χ0) is 16.2. The van der Waals surface area contributed by atoms with Gasteiger partial charge >= 0.3 is 6.03 Å². The molecule has 0 spiro atoms. The average molecular weight is 315 g/mol. The fourth-order valence-corrected chi connectivity index (χ4v) is 2.55. The summed E-state index contributed by atoms with van der Waals surface area (Å²) in [6.45, 7) is 5.31. The molecule has 1 fully saturated rings. The molecule has 1 aromatic rings. The van der Waals surface area contributed by atoms with E-state index in [0.29, 0.717) is 31.5 Å². The van der Waals surface area contributed by atoms with Crippen LogP contribution in [0.15, 0.2) is 24.9 Å². The Morgan fingerprint density at radius 1 is 1.57 bits per heavy atom. The van der Waals surface area contributed by atoms with Crippen LogP contribution in [0.3, 0.4) is 0 Å². The number of urea groups is 1. The number of hydroxylamine groups is 2. The van der Waals surface area contributed by atoms with Crippen molar-refractivity contribution in [2.75, 3.05) is 19.7 Å². The molecule has 2 amide bonds. The maximum absolute atomic E-state index is 12.2. The first-order valence-corrected chi connectivity index (χ1v) is 7.17. The van der Waals surface area contributed by atoms with E-state index in [2.05, 4.69) is 22.1 Å². The molecule has 9 nitrogen and oxygen atoms in total. The Morgan fingerprint density at radius 3 is 3.22 bits per heavy atom. The first kappa shape index (κ1) is 15.4. The van der Waals surface area contributed by atoms with Crippen molar-refractivity contribution in [2.45, 2.75) is 12.6 Å². The SMILES string of the molecule is C=CCON1C(=O)N2CC(n3cc(CN[B]C=O)nn3)=CC1C2. The zero-order valence-electron chi connectivity index (χ0n) is 12.5. The lowest BCUT2D eigenvalue weighted by atomic mass is 9.99. The normalized spacial score (nSPS) is 19.7. The molecule has 1 saturated heterocycles. The molecule has 2 aliphatic heterocycles. The summed E-state index contributed by atoms with van der Waals surface area (Å²) < 4.78 is 1.64. The Balaban J connectivity index is 1.70. The lowest BCUT2D eigenvalue weighted by molar-refractivity contribution is -0.107. The monoisotopic (exact) mass is 315 g/mol. The summed E-state index contributed by atoms with van der Waals surface area (Å²) in [7, 11) is 1.30. The van der Waals surface area contributed by atoms with Crippen LogP contribution in [0.2, 0.25) is 0 Å². The molecule has 1 unspecified atom stereocenters. The topological polar surface area (TPSA) is 92.6 Å². The van der Waals surface area contributed by atoms with Gasteiger partial charge in [-0.1, -0.05) is 11.3 Å². The molecule has 3 rings (SSSR count). The van der Waals surface area contributed by atoms with E-state index in [-0.39, 0.29) is 18.7 Å². The molecule has 2 aliphatic rings. The molecular formula is C13H16BN6O3. The number of aromatic nitrogens is 3. The van der Waals surface area contributed by atoms with Crippen LogP contribution in [0.5, 0.6) is 0 Å². The van der Waals surface area contributed by atoms with Crippen LogP contribution in [-0.2, 0) is 16.2 Å². The lowest BCUT2D eigenvalue weighted by Crippen LogP contribution is -2.33. The third kappa shape index (κ3) is 3.17. The minimum atomic E-state index is -0.161. The van der Waals surface area contributed by atoms with Gasteiger partial charge in [0.25, 0.3) is 7.41 Å². The second kappa shape index (κ2) is 6.76. The number of carbonyl (C=O) groups excluding carboxylic acids is 2. The molecule has 1 radical (unpaired) electrons. The molecular weight excluding hydrogens is 299 g/mol. The fraction of sp³-hybridized carbons (Fsp3) is 0.385. The molecule has 23 heavy (non-hydrogen) atoms. The van der Waals surface area contributed by atoms with Crippen molar-refractivity contribution in [3.63, 3.8) is 0 Å². The maximum atomic E-state index is 12.2. The highest BCUT2D eigenvalue weighted by Gasteiger charge is 2.41.